The number of carbonyl (C=O) groups is 2. The van der Waals surface area contributed by atoms with Crippen LogP contribution in [0.3, 0.4) is 0 Å². The van der Waals surface area contributed by atoms with Crippen molar-refractivity contribution in [1.82, 2.24) is 24.7 Å². The first-order valence-electron chi connectivity index (χ1n) is 17.2. The Labute approximate surface area is 321 Å². The number of ether oxygens (including phenoxy) is 3. The van der Waals surface area contributed by atoms with Crippen molar-refractivity contribution in [2.75, 3.05) is 44.3 Å². The van der Waals surface area contributed by atoms with Crippen LogP contribution in [0.5, 0.6) is 11.5 Å². The number of hydrogen-bond acceptors (Lipinski definition) is 15. The van der Waals surface area contributed by atoms with E-state index in [-0.39, 0.29) is 44.2 Å². The molecule has 300 valence electrons. The number of alkyl carbamates (subject to hydrolysis) is 1. The van der Waals surface area contributed by atoms with Crippen LogP contribution < -0.4 is 19.1 Å². The Morgan fingerprint density at radius 3 is 2.05 bits per heavy atom. The third-order valence-electron chi connectivity index (χ3n) is 7.20. The Morgan fingerprint density at radius 1 is 0.836 bits per heavy atom. The lowest BCUT2D eigenvalue weighted by molar-refractivity contribution is -0.104. The average molecular weight is 806 g/mol. The minimum Gasteiger partial charge on any atom is -0.493 e. The molecule has 20 heteroatoms. The van der Waals surface area contributed by atoms with Crippen molar-refractivity contribution in [2.24, 2.45) is 0 Å². The molecule has 0 atom stereocenters. The molecule has 2 heterocycles. The van der Waals surface area contributed by atoms with Gasteiger partial charge < -0.3 is 23.3 Å². The second kappa shape index (κ2) is 17.6. The number of hydrogen-bond donors (Lipinski definition) is 2. The molecule has 4 rings (SSSR count). The summed E-state index contributed by atoms with van der Waals surface area (Å²) in [6.45, 7) is 12.1. The summed E-state index contributed by atoms with van der Waals surface area (Å²) in [6, 6.07) is 11.4. The molecule has 1 fully saturated rings. The highest BCUT2D eigenvalue weighted by molar-refractivity contribution is 7.91. The van der Waals surface area contributed by atoms with Gasteiger partial charge in [-0.15, -0.1) is 5.06 Å². The average Bonchev–Trinajstić information content (AvgIpc) is 3.08. The van der Waals surface area contributed by atoms with Crippen LogP contribution in [0.2, 0.25) is 0 Å². The number of sulfonamides is 1. The van der Waals surface area contributed by atoms with E-state index in [2.05, 4.69) is 15.3 Å². The van der Waals surface area contributed by atoms with Gasteiger partial charge in [-0.1, -0.05) is 12.1 Å². The molecule has 0 bridgehead atoms. The zero-order valence-electron chi connectivity index (χ0n) is 31.8. The van der Waals surface area contributed by atoms with Gasteiger partial charge in [-0.25, -0.2) is 28.0 Å². The van der Waals surface area contributed by atoms with Gasteiger partial charge in [0.1, 0.15) is 32.5 Å². The molecular formula is C35H47N7O11S2. The molecule has 0 radical (unpaired) electrons. The minimum atomic E-state index is -4.66. The lowest BCUT2D eigenvalue weighted by Gasteiger charge is -2.34. The van der Waals surface area contributed by atoms with Crippen LogP contribution in [0.4, 0.5) is 15.5 Å². The van der Waals surface area contributed by atoms with Crippen LogP contribution >= 0.6 is 0 Å². The number of nitrogens with one attached hydrogen (secondary N) is 2. The number of guanidine groups is 1. The summed E-state index contributed by atoms with van der Waals surface area (Å²) in [5, 5.41) is 10.8. The molecule has 0 spiro atoms. The highest BCUT2D eigenvalue weighted by Crippen LogP contribution is 2.30. The number of rotatable bonds is 12. The topological polar surface area (TPSA) is 220 Å². The molecule has 2 N–H and O–H groups in total. The Morgan fingerprint density at radius 2 is 1.44 bits per heavy atom. The van der Waals surface area contributed by atoms with E-state index in [9.17, 15) is 26.4 Å². The van der Waals surface area contributed by atoms with Gasteiger partial charge >= 0.3 is 22.3 Å². The van der Waals surface area contributed by atoms with Crippen LogP contribution in [0.25, 0.3) is 0 Å². The van der Waals surface area contributed by atoms with Gasteiger partial charge in [0.2, 0.25) is 21.9 Å². The van der Waals surface area contributed by atoms with Crippen molar-refractivity contribution >= 4 is 44.2 Å². The third-order valence-corrected chi connectivity index (χ3v) is 10.6. The number of aromatic nitrogens is 2. The zero-order chi connectivity index (χ0) is 40.6. The maximum Gasteiger partial charge on any atom is 0.442 e. The molecule has 0 saturated carbocycles. The van der Waals surface area contributed by atoms with Crippen LogP contribution in [0, 0.1) is 12.3 Å². The van der Waals surface area contributed by atoms with Crippen molar-refractivity contribution in [3.05, 3.63) is 66.5 Å². The molecule has 2 amide bonds. The summed E-state index contributed by atoms with van der Waals surface area (Å²) in [5.74, 6) is -0.148. The molecule has 18 nitrogen and oxygen atoms in total. The number of amides is 2. The molecule has 2 aromatic carbocycles. The fourth-order valence-electron chi connectivity index (χ4n) is 4.98. The number of nitrogens with zero attached hydrogens (tertiary/aromatic N) is 5. The summed E-state index contributed by atoms with van der Waals surface area (Å²) >= 11 is 0. The maximum atomic E-state index is 13.8. The minimum absolute atomic E-state index is 0.00929. The Kier molecular flexibility index (Phi) is 13.7. The van der Waals surface area contributed by atoms with E-state index < -0.39 is 59.3 Å². The molecule has 3 aromatic rings. The first-order chi connectivity index (χ1) is 25.6. The van der Waals surface area contributed by atoms with Crippen molar-refractivity contribution in [2.45, 2.75) is 75.9 Å². The normalized spacial score (nSPS) is 14.1. The van der Waals surface area contributed by atoms with E-state index in [0.717, 1.165) is 0 Å². The first-order valence-corrected chi connectivity index (χ1v) is 20.0. The highest BCUT2D eigenvalue weighted by Gasteiger charge is 2.35. The molecule has 1 saturated heterocycles. The zero-order valence-corrected chi connectivity index (χ0v) is 33.4. The van der Waals surface area contributed by atoms with E-state index in [4.69, 9.17) is 28.6 Å². The number of aryl methyl sites for hydroxylation is 1. The Hall–Kier alpha value is -5.05. The van der Waals surface area contributed by atoms with Crippen LogP contribution in [0.15, 0.2) is 70.7 Å². The van der Waals surface area contributed by atoms with E-state index in [1.54, 1.807) is 73.0 Å². The molecule has 1 aliphatic rings. The molecule has 55 heavy (non-hydrogen) atoms. The molecule has 0 aliphatic carbocycles. The number of piperazine rings is 1. The van der Waals surface area contributed by atoms with E-state index in [0.29, 0.717) is 29.7 Å². The second-order valence-electron chi connectivity index (χ2n) is 14.2. The number of anilines is 1. The van der Waals surface area contributed by atoms with Crippen molar-refractivity contribution in [3.8, 4) is 11.5 Å². The van der Waals surface area contributed by atoms with Crippen molar-refractivity contribution in [3.63, 3.8) is 0 Å². The van der Waals surface area contributed by atoms with Gasteiger partial charge in [-0.05, 0) is 84.4 Å². The Bertz CT molecular complexity index is 2050. The van der Waals surface area contributed by atoms with Crippen molar-refractivity contribution in [1.29, 1.82) is 5.41 Å². The number of benzene rings is 2. The van der Waals surface area contributed by atoms with Crippen LogP contribution in [-0.4, -0.2) is 105 Å². The predicted molar refractivity (Wildman–Crippen MR) is 200 cm³/mol. The molecule has 1 aromatic heterocycles. The standard InChI is InChI=1S/C35H47N7O11S2/c1-25-22-26(49-20-11-21-50-42(33(44)52-35(5,6)7)30(36)39-32(43)51-34(2,3)4)24-27(23-25)53-55(47,48)29-13-9-8-12-28(29)54(45,46)41-18-16-40(17-19-41)31-37-14-10-15-38-31/h8-10,12-15,22-24H,11,16-21H2,1-7H3,(H2,36,39,43). The summed E-state index contributed by atoms with van der Waals surface area (Å²) < 4.78 is 77.7. The lowest BCUT2D eigenvalue weighted by Crippen LogP contribution is -2.49. The second-order valence-corrected chi connectivity index (χ2v) is 17.6. The number of carbonyl (C=O) groups excluding carboxylic acids is 2. The molecule has 0 unspecified atom stereocenters. The lowest BCUT2D eigenvalue weighted by atomic mass is 10.2. The van der Waals surface area contributed by atoms with Gasteiger partial charge in [0, 0.05) is 51.1 Å². The van der Waals surface area contributed by atoms with E-state index >= 15 is 0 Å². The summed E-state index contributed by atoms with van der Waals surface area (Å²) in [4.78, 5) is 39.8. The first kappa shape index (κ1) is 42.7. The van der Waals surface area contributed by atoms with E-state index in [1.807, 2.05) is 4.90 Å². The van der Waals surface area contributed by atoms with Gasteiger partial charge in [0.05, 0.1) is 13.2 Å². The maximum absolute atomic E-state index is 13.8. The third kappa shape index (κ3) is 12.5. The predicted octanol–water partition coefficient (Wildman–Crippen LogP) is 4.46. The van der Waals surface area contributed by atoms with Gasteiger partial charge in [0.15, 0.2) is 0 Å². The van der Waals surface area contributed by atoms with Gasteiger partial charge in [-0.3, -0.25) is 15.6 Å². The van der Waals surface area contributed by atoms with Crippen LogP contribution in [-0.2, 0) is 34.5 Å². The quantitative estimate of drug-likeness (QED) is 0.0849. The Balaban J connectivity index is 1.39. The molecule has 1 aliphatic heterocycles. The summed E-state index contributed by atoms with van der Waals surface area (Å²) in [7, 11) is -8.91. The largest absolute Gasteiger partial charge is 0.493 e. The number of hydroxylamine groups is 2. The monoisotopic (exact) mass is 805 g/mol. The summed E-state index contributed by atoms with van der Waals surface area (Å²) in [6.07, 6.45) is 1.34. The van der Waals surface area contributed by atoms with Gasteiger partial charge in [-0.2, -0.15) is 12.7 Å². The van der Waals surface area contributed by atoms with Crippen molar-refractivity contribution < 1.29 is 49.7 Å². The SMILES string of the molecule is Cc1cc(OCCCON(C(=N)NC(=O)OC(C)(C)C)C(=O)OC(C)(C)C)cc(OS(=O)(=O)c2ccccc2S(=O)(=O)N2CCN(c3ncccn3)CC2)c1. The fourth-order valence-corrected chi connectivity index (χ4v) is 8.09. The van der Waals surface area contributed by atoms with E-state index in [1.165, 1.54) is 40.7 Å². The fraction of sp³-hybridized carbons (Fsp3) is 0.457. The van der Waals surface area contributed by atoms with Crippen LogP contribution in [0.1, 0.15) is 53.5 Å². The smallest absolute Gasteiger partial charge is 0.442 e. The highest BCUT2D eigenvalue weighted by atomic mass is 32.2. The summed E-state index contributed by atoms with van der Waals surface area (Å²) in [5.41, 5.74) is -1.21. The van der Waals surface area contributed by atoms with Gasteiger partial charge in [0.25, 0.3) is 0 Å². The molecular weight excluding hydrogens is 759 g/mol.